The Bertz CT molecular complexity index is 362. The number of likely N-dealkylation sites (N-methyl/N-ethyl adjacent to an activating group) is 1. The highest BCUT2D eigenvalue weighted by atomic mass is 16.5. The molecule has 0 aliphatic rings. The molecule has 0 heterocycles. The van der Waals surface area contributed by atoms with Gasteiger partial charge in [-0.05, 0) is 32.3 Å². The lowest BCUT2D eigenvalue weighted by atomic mass is 10.1. The van der Waals surface area contributed by atoms with E-state index in [1.807, 2.05) is 19.0 Å². The molecule has 0 amide bonds. The molecule has 4 heteroatoms. The van der Waals surface area contributed by atoms with Crippen LogP contribution in [0.15, 0.2) is 18.2 Å². The second-order valence-corrected chi connectivity index (χ2v) is 3.62. The molecule has 0 aromatic heterocycles. The number of anilines is 1. The average molecular weight is 208 g/mol. The van der Waals surface area contributed by atoms with Gasteiger partial charge in [-0.3, -0.25) is 4.79 Å². The van der Waals surface area contributed by atoms with E-state index in [1.54, 1.807) is 25.3 Å². The normalized spacial score (nSPS) is 10.4. The number of nitrogen functional groups attached to an aromatic ring is 1. The van der Waals surface area contributed by atoms with Crippen molar-refractivity contribution in [2.45, 2.75) is 0 Å². The number of Topliss-reactive ketones (excluding diaryl/α,β-unsaturated/α-hetero) is 1. The highest BCUT2D eigenvalue weighted by molar-refractivity contribution is 5.98. The van der Waals surface area contributed by atoms with Crippen LogP contribution in [0.3, 0.4) is 0 Å². The minimum atomic E-state index is 0.0503. The second kappa shape index (κ2) is 4.79. The highest BCUT2D eigenvalue weighted by Gasteiger charge is 2.09. The fourth-order valence-electron chi connectivity index (χ4n) is 1.29. The van der Waals surface area contributed by atoms with Gasteiger partial charge in [-0.15, -0.1) is 0 Å². The van der Waals surface area contributed by atoms with E-state index in [4.69, 9.17) is 10.5 Å². The molecule has 2 N–H and O–H groups in total. The molecule has 0 aliphatic carbocycles. The molecule has 0 unspecified atom stereocenters. The van der Waals surface area contributed by atoms with Crippen LogP contribution in [0.4, 0.5) is 5.69 Å². The van der Waals surface area contributed by atoms with Gasteiger partial charge in [-0.25, -0.2) is 0 Å². The Balaban J connectivity index is 2.87. The lowest BCUT2D eigenvalue weighted by Crippen LogP contribution is -2.21. The number of rotatable bonds is 4. The van der Waals surface area contributed by atoms with Crippen LogP contribution < -0.4 is 10.5 Å². The Morgan fingerprint density at radius 3 is 2.60 bits per heavy atom. The quantitative estimate of drug-likeness (QED) is 0.593. The fourth-order valence-corrected chi connectivity index (χ4v) is 1.29. The van der Waals surface area contributed by atoms with E-state index in [0.717, 1.165) is 0 Å². The van der Waals surface area contributed by atoms with Crippen molar-refractivity contribution in [1.82, 2.24) is 4.90 Å². The molecule has 0 spiro atoms. The Morgan fingerprint density at radius 1 is 1.47 bits per heavy atom. The van der Waals surface area contributed by atoms with Gasteiger partial charge in [-0.1, -0.05) is 0 Å². The lowest BCUT2D eigenvalue weighted by Gasteiger charge is -2.10. The maximum atomic E-state index is 11.7. The zero-order valence-electron chi connectivity index (χ0n) is 9.28. The number of nitrogens with two attached hydrogens (primary N) is 1. The van der Waals surface area contributed by atoms with Crippen molar-refractivity contribution in [3.05, 3.63) is 23.8 Å². The SMILES string of the molecule is COc1ccc(C(=O)CN(C)C)cc1N. The van der Waals surface area contributed by atoms with Crippen molar-refractivity contribution >= 4 is 11.5 Å². The number of carbonyl (C=O) groups excluding carboxylic acids is 1. The number of nitrogens with zero attached hydrogens (tertiary/aromatic N) is 1. The molecule has 0 atom stereocenters. The molecule has 1 rings (SSSR count). The molecular formula is C11H16N2O2. The molecule has 15 heavy (non-hydrogen) atoms. The van der Waals surface area contributed by atoms with Gasteiger partial charge in [0.2, 0.25) is 0 Å². The van der Waals surface area contributed by atoms with Crippen LogP contribution in [-0.4, -0.2) is 38.4 Å². The highest BCUT2D eigenvalue weighted by Crippen LogP contribution is 2.22. The first-order valence-electron chi connectivity index (χ1n) is 4.66. The third-order valence-electron chi connectivity index (χ3n) is 2.01. The number of benzene rings is 1. The summed E-state index contributed by atoms with van der Waals surface area (Å²) in [6.07, 6.45) is 0. The fraction of sp³-hybridized carbons (Fsp3) is 0.364. The summed E-state index contributed by atoms with van der Waals surface area (Å²) in [6, 6.07) is 5.07. The van der Waals surface area contributed by atoms with E-state index in [-0.39, 0.29) is 5.78 Å². The van der Waals surface area contributed by atoms with E-state index >= 15 is 0 Å². The Hall–Kier alpha value is -1.55. The topological polar surface area (TPSA) is 55.6 Å². The number of carbonyl (C=O) groups is 1. The minimum Gasteiger partial charge on any atom is -0.495 e. The minimum absolute atomic E-state index is 0.0503. The number of ketones is 1. The van der Waals surface area contributed by atoms with Crippen molar-refractivity contribution < 1.29 is 9.53 Å². The summed E-state index contributed by atoms with van der Waals surface area (Å²) in [7, 11) is 5.25. The standard InChI is InChI=1S/C11H16N2O2/c1-13(2)7-10(14)8-4-5-11(15-3)9(12)6-8/h4-6H,7,12H2,1-3H3. The lowest BCUT2D eigenvalue weighted by molar-refractivity contribution is 0.0958. The van der Waals surface area contributed by atoms with Crippen molar-refractivity contribution in [2.24, 2.45) is 0 Å². The molecular weight excluding hydrogens is 192 g/mol. The Kier molecular flexibility index (Phi) is 3.68. The van der Waals surface area contributed by atoms with Gasteiger partial charge in [-0.2, -0.15) is 0 Å². The van der Waals surface area contributed by atoms with E-state index in [0.29, 0.717) is 23.5 Å². The molecule has 1 aromatic rings. The van der Waals surface area contributed by atoms with Gasteiger partial charge in [0.05, 0.1) is 19.3 Å². The molecule has 0 radical (unpaired) electrons. The number of hydrogen-bond donors (Lipinski definition) is 1. The third kappa shape index (κ3) is 2.95. The summed E-state index contributed by atoms with van der Waals surface area (Å²) in [5, 5.41) is 0. The third-order valence-corrected chi connectivity index (χ3v) is 2.01. The van der Waals surface area contributed by atoms with Crippen LogP contribution >= 0.6 is 0 Å². The van der Waals surface area contributed by atoms with Gasteiger partial charge >= 0.3 is 0 Å². The predicted molar refractivity (Wildman–Crippen MR) is 60.3 cm³/mol. The monoisotopic (exact) mass is 208 g/mol. The predicted octanol–water partition coefficient (Wildman–Crippen LogP) is 1.02. The largest absolute Gasteiger partial charge is 0.495 e. The van der Waals surface area contributed by atoms with Crippen molar-refractivity contribution in [3.8, 4) is 5.75 Å². The zero-order valence-corrected chi connectivity index (χ0v) is 9.28. The number of ether oxygens (including phenoxy) is 1. The zero-order chi connectivity index (χ0) is 11.4. The van der Waals surface area contributed by atoms with Gasteiger partial charge < -0.3 is 15.4 Å². The van der Waals surface area contributed by atoms with E-state index in [2.05, 4.69) is 0 Å². The van der Waals surface area contributed by atoms with Crippen LogP contribution in [0.2, 0.25) is 0 Å². The molecule has 1 aromatic carbocycles. The Labute approximate surface area is 89.6 Å². The smallest absolute Gasteiger partial charge is 0.176 e. The van der Waals surface area contributed by atoms with Crippen LogP contribution in [0.25, 0.3) is 0 Å². The summed E-state index contributed by atoms with van der Waals surface area (Å²) in [5.41, 5.74) is 6.81. The van der Waals surface area contributed by atoms with Gasteiger partial charge in [0.1, 0.15) is 5.75 Å². The Morgan fingerprint density at radius 2 is 2.13 bits per heavy atom. The van der Waals surface area contributed by atoms with Gasteiger partial charge in [0.15, 0.2) is 5.78 Å². The summed E-state index contributed by atoms with van der Waals surface area (Å²) in [6.45, 7) is 0.381. The number of methoxy groups -OCH3 is 1. The van der Waals surface area contributed by atoms with Crippen molar-refractivity contribution in [3.63, 3.8) is 0 Å². The van der Waals surface area contributed by atoms with E-state index in [9.17, 15) is 4.79 Å². The molecule has 0 fully saturated rings. The molecule has 82 valence electrons. The van der Waals surface area contributed by atoms with Gasteiger partial charge in [0.25, 0.3) is 0 Å². The van der Waals surface area contributed by atoms with E-state index in [1.165, 1.54) is 0 Å². The molecule has 4 nitrogen and oxygen atoms in total. The summed E-state index contributed by atoms with van der Waals surface area (Å²) in [4.78, 5) is 13.5. The first-order chi connectivity index (χ1) is 7.04. The first-order valence-corrected chi connectivity index (χ1v) is 4.66. The van der Waals surface area contributed by atoms with E-state index < -0.39 is 0 Å². The summed E-state index contributed by atoms with van der Waals surface area (Å²) >= 11 is 0. The van der Waals surface area contributed by atoms with Crippen LogP contribution in [0.5, 0.6) is 5.75 Å². The molecule has 0 bridgehead atoms. The number of hydrogen-bond acceptors (Lipinski definition) is 4. The van der Waals surface area contributed by atoms with Crippen LogP contribution in [-0.2, 0) is 0 Å². The van der Waals surface area contributed by atoms with Crippen LogP contribution in [0.1, 0.15) is 10.4 Å². The second-order valence-electron chi connectivity index (χ2n) is 3.62. The summed E-state index contributed by atoms with van der Waals surface area (Å²) in [5.74, 6) is 0.644. The average Bonchev–Trinajstić information content (AvgIpc) is 2.16. The van der Waals surface area contributed by atoms with Crippen molar-refractivity contribution in [2.75, 3.05) is 33.5 Å². The maximum Gasteiger partial charge on any atom is 0.176 e. The molecule has 0 aliphatic heterocycles. The van der Waals surface area contributed by atoms with Crippen LogP contribution in [0, 0.1) is 0 Å². The molecule has 0 saturated carbocycles. The van der Waals surface area contributed by atoms with Gasteiger partial charge in [0, 0.05) is 5.56 Å². The van der Waals surface area contributed by atoms with Crippen molar-refractivity contribution in [1.29, 1.82) is 0 Å². The molecule has 0 saturated heterocycles. The summed E-state index contributed by atoms with van der Waals surface area (Å²) < 4.78 is 5.01. The first kappa shape index (κ1) is 11.5. The maximum absolute atomic E-state index is 11.7.